The zero-order valence-electron chi connectivity index (χ0n) is 20.1. The van der Waals surface area contributed by atoms with Gasteiger partial charge in [0.2, 0.25) is 5.88 Å². The molecule has 7 nitrogen and oxygen atoms in total. The molecule has 0 N–H and O–H groups in total. The predicted molar refractivity (Wildman–Crippen MR) is 130 cm³/mol. The van der Waals surface area contributed by atoms with Crippen molar-refractivity contribution < 1.29 is 27.0 Å². The highest BCUT2D eigenvalue weighted by Crippen LogP contribution is 2.37. The van der Waals surface area contributed by atoms with E-state index in [1.165, 1.54) is 49.2 Å². The molecular weight excluding hydrogens is 492 g/mol. The molecule has 0 spiro atoms. The lowest BCUT2D eigenvalue weighted by molar-refractivity contribution is -0.138. The first-order valence-electron chi connectivity index (χ1n) is 11.6. The molecule has 37 heavy (non-hydrogen) atoms. The monoisotopic (exact) mass is 516 g/mol. The Morgan fingerprint density at radius 2 is 1.84 bits per heavy atom. The summed E-state index contributed by atoms with van der Waals surface area (Å²) in [4.78, 5) is 19.8. The summed E-state index contributed by atoms with van der Waals surface area (Å²) in [6, 6.07) is 11.0. The van der Waals surface area contributed by atoms with Gasteiger partial charge in [0.15, 0.2) is 0 Å². The maximum atomic E-state index is 14.7. The van der Waals surface area contributed by atoms with Crippen molar-refractivity contribution >= 4 is 16.7 Å². The molecular formula is C26H24F4N4O3. The maximum Gasteiger partial charge on any atom is 0.416 e. The van der Waals surface area contributed by atoms with Gasteiger partial charge in [-0.05, 0) is 36.2 Å². The van der Waals surface area contributed by atoms with E-state index >= 15 is 0 Å². The van der Waals surface area contributed by atoms with Gasteiger partial charge in [-0.25, -0.2) is 14.2 Å². The topological polar surface area (TPSA) is 61.5 Å². The molecule has 5 rings (SSSR count). The molecule has 0 bridgehead atoms. The summed E-state index contributed by atoms with van der Waals surface area (Å²) in [5.41, 5.74) is -0.272. The number of methoxy groups -OCH3 is 2. The molecule has 0 aliphatic carbocycles. The van der Waals surface area contributed by atoms with Crippen LogP contribution in [0.15, 0.2) is 59.5 Å². The number of alkyl halides is 3. The number of para-hydroxylation sites is 1. The van der Waals surface area contributed by atoms with E-state index in [-0.39, 0.29) is 24.0 Å². The molecule has 1 aliphatic heterocycles. The van der Waals surface area contributed by atoms with Crippen LogP contribution < -0.4 is 20.1 Å². The molecule has 0 saturated carbocycles. The first-order chi connectivity index (χ1) is 17.7. The number of halogens is 4. The molecule has 0 radical (unpaired) electrons. The number of benzene rings is 2. The van der Waals surface area contributed by atoms with E-state index < -0.39 is 23.2 Å². The summed E-state index contributed by atoms with van der Waals surface area (Å²) in [6.07, 6.45) is -2.58. The minimum absolute atomic E-state index is 0.0498. The van der Waals surface area contributed by atoms with Crippen molar-refractivity contribution in [3.63, 3.8) is 0 Å². The highest BCUT2D eigenvalue weighted by molar-refractivity contribution is 5.81. The van der Waals surface area contributed by atoms with Crippen LogP contribution in [0.5, 0.6) is 11.6 Å². The average molecular weight is 516 g/mol. The number of rotatable bonds is 6. The number of fused-ring (bicyclic) bond motifs is 1. The van der Waals surface area contributed by atoms with Gasteiger partial charge in [0.25, 0.3) is 0 Å². The minimum Gasteiger partial charge on any atom is -0.494 e. The number of aromatic nitrogens is 3. The molecule has 1 saturated heterocycles. The lowest BCUT2D eigenvalue weighted by Crippen LogP contribution is -2.30. The third-order valence-corrected chi connectivity index (χ3v) is 6.69. The first kappa shape index (κ1) is 24.7. The molecule has 3 heterocycles. The van der Waals surface area contributed by atoms with Crippen LogP contribution in [0.3, 0.4) is 0 Å². The zero-order valence-corrected chi connectivity index (χ0v) is 20.1. The molecule has 2 aromatic carbocycles. The van der Waals surface area contributed by atoms with Gasteiger partial charge < -0.3 is 14.4 Å². The lowest BCUT2D eigenvalue weighted by atomic mass is 10.1. The molecule has 11 heteroatoms. The second-order valence-corrected chi connectivity index (χ2v) is 8.76. The van der Waals surface area contributed by atoms with E-state index in [0.717, 1.165) is 6.07 Å². The van der Waals surface area contributed by atoms with Gasteiger partial charge in [-0.2, -0.15) is 13.2 Å². The second-order valence-electron chi connectivity index (χ2n) is 8.76. The van der Waals surface area contributed by atoms with Crippen LogP contribution in [0.1, 0.15) is 23.6 Å². The van der Waals surface area contributed by atoms with Gasteiger partial charge in [-0.15, -0.1) is 0 Å². The van der Waals surface area contributed by atoms with Crippen molar-refractivity contribution in [3.8, 4) is 11.6 Å². The largest absolute Gasteiger partial charge is 0.494 e. The first-order valence-corrected chi connectivity index (χ1v) is 11.6. The third-order valence-electron chi connectivity index (χ3n) is 6.69. The molecule has 194 valence electrons. The predicted octanol–water partition coefficient (Wildman–Crippen LogP) is 4.87. The summed E-state index contributed by atoms with van der Waals surface area (Å²) in [5, 5.41) is 0. The summed E-state index contributed by atoms with van der Waals surface area (Å²) in [7, 11) is 2.85. The fraction of sp³-hybridized carbons (Fsp3) is 0.308. The van der Waals surface area contributed by atoms with Gasteiger partial charge in [-0.3, -0.25) is 9.13 Å². The summed E-state index contributed by atoms with van der Waals surface area (Å²) >= 11 is 0. The van der Waals surface area contributed by atoms with Gasteiger partial charge in [0.1, 0.15) is 22.8 Å². The van der Waals surface area contributed by atoms with Gasteiger partial charge >= 0.3 is 11.9 Å². The molecule has 0 amide bonds. The number of hydrogen-bond acceptors (Lipinski definition) is 5. The zero-order chi connectivity index (χ0) is 26.3. The Balaban J connectivity index is 1.61. The van der Waals surface area contributed by atoms with Crippen LogP contribution in [-0.2, 0) is 12.7 Å². The Morgan fingerprint density at radius 1 is 1.05 bits per heavy atom. The van der Waals surface area contributed by atoms with E-state index in [4.69, 9.17) is 9.47 Å². The lowest BCUT2D eigenvalue weighted by Gasteiger charge is -2.22. The number of ether oxygens (including phenoxy) is 2. The van der Waals surface area contributed by atoms with Crippen LogP contribution >= 0.6 is 0 Å². The summed E-state index contributed by atoms with van der Waals surface area (Å²) in [6.45, 7) is 0.442. The van der Waals surface area contributed by atoms with E-state index in [9.17, 15) is 22.4 Å². The summed E-state index contributed by atoms with van der Waals surface area (Å²) < 4.78 is 69.3. The number of pyridine rings is 1. The van der Waals surface area contributed by atoms with Crippen molar-refractivity contribution in [1.82, 2.24) is 14.1 Å². The second kappa shape index (κ2) is 9.45. The van der Waals surface area contributed by atoms with Crippen LogP contribution in [-0.4, -0.2) is 41.4 Å². The SMILES string of the molecule is COc1cccc(F)c1N1CC[C@@H](n2c(=O)n(Cc3ccccc3C(F)(F)F)c3c(OC)nccc32)C1. The van der Waals surface area contributed by atoms with E-state index in [1.807, 2.05) is 4.90 Å². The number of hydrogen-bond donors (Lipinski definition) is 0. The van der Waals surface area contributed by atoms with Crippen LogP contribution in [0.4, 0.5) is 23.2 Å². The van der Waals surface area contributed by atoms with Crippen molar-refractivity contribution in [2.24, 2.45) is 0 Å². The number of imidazole rings is 1. The van der Waals surface area contributed by atoms with Crippen molar-refractivity contribution in [3.05, 3.63) is 82.2 Å². The molecule has 1 aliphatic rings. The molecule has 0 unspecified atom stereocenters. The van der Waals surface area contributed by atoms with Crippen molar-refractivity contribution in [2.75, 3.05) is 32.2 Å². The molecule has 2 aromatic heterocycles. The quantitative estimate of drug-likeness (QED) is 0.342. The molecule has 1 atom stereocenters. The van der Waals surface area contributed by atoms with Gasteiger partial charge in [-0.1, -0.05) is 24.3 Å². The highest BCUT2D eigenvalue weighted by atomic mass is 19.4. The van der Waals surface area contributed by atoms with E-state index in [1.54, 1.807) is 22.8 Å². The molecule has 1 fully saturated rings. The normalized spacial score (nSPS) is 15.9. The summed E-state index contributed by atoms with van der Waals surface area (Å²) in [5.74, 6) is 0.0675. The third kappa shape index (κ3) is 4.28. The Labute approximate surface area is 209 Å². The smallest absolute Gasteiger partial charge is 0.416 e. The maximum absolute atomic E-state index is 14.7. The van der Waals surface area contributed by atoms with Crippen LogP contribution in [0, 0.1) is 5.82 Å². The Hall–Kier alpha value is -4.02. The van der Waals surface area contributed by atoms with Crippen molar-refractivity contribution in [2.45, 2.75) is 25.2 Å². The van der Waals surface area contributed by atoms with Crippen molar-refractivity contribution in [1.29, 1.82) is 0 Å². The number of nitrogens with zero attached hydrogens (tertiary/aromatic N) is 4. The van der Waals surface area contributed by atoms with Gasteiger partial charge in [0.05, 0.1) is 37.9 Å². The Kier molecular flexibility index (Phi) is 6.30. The highest BCUT2D eigenvalue weighted by Gasteiger charge is 2.35. The Bertz CT molecular complexity index is 1510. The molecule has 4 aromatic rings. The fourth-order valence-electron chi connectivity index (χ4n) is 5.08. The van der Waals surface area contributed by atoms with Gasteiger partial charge in [0, 0.05) is 19.3 Å². The van der Waals surface area contributed by atoms with Crippen LogP contribution in [0.2, 0.25) is 0 Å². The fourth-order valence-corrected chi connectivity index (χ4v) is 5.08. The minimum atomic E-state index is -4.58. The Morgan fingerprint density at radius 3 is 2.57 bits per heavy atom. The van der Waals surface area contributed by atoms with E-state index in [0.29, 0.717) is 42.0 Å². The number of anilines is 1. The van der Waals surface area contributed by atoms with Crippen LogP contribution in [0.25, 0.3) is 11.0 Å². The van der Waals surface area contributed by atoms with E-state index in [2.05, 4.69) is 4.98 Å². The standard InChI is InChI=1S/C26H24F4N4O3/c1-36-21-9-5-8-19(27)22(21)32-13-11-17(15-32)34-20-10-12-31-24(37-2)23(20)33(25(34)35)14-16-6-3-4-7-18(16)26(28,29)30/h3-10,12,17H,11,13-15H2,1-2H3/t17-/m1/s1. The average Bonchev–Trinajstić information content (AvgIpc) is 3.45.